The lowest BCUT2D eigenvalue weighted by Crippen LogP contribution is -2.31. The molecular weight excluding hydrogens is 204 g/mol. The average Bonchev–Trinajstić information content (AvgIpc) is 2.00. The van der Waals surface area contributed by atoms with Crippen molar-refractivity contribution in [2.24, 2.45) is 5.73 Å². The summed E-state index contributed by atoms with van der Waals surface area (Å²) in [6, 6.07) is 1.58. The third-order valence-electron chi connectivity index (χ3n) is 1.58. The number of hydrogen-bond acceptors (Lipinski definition) is 4. The van der Waals surface area contributed by atoms with E-state index in [2.05, 4.69) is 9.97 Å². The van der Waals surface area contributed by atoms with Gasteiger partial charge in [-0.2, -0.15) is 0 Å². The van der Waals surface area contributed by atoms with Crippen molar-refractivity contribution < 1.29 is 4.79 Å². The molecule has 0 unspecified atom stereocenters. The molecule has 0 fully saturated rings. The number of likely N-dealkylation sites (N-methyl/N-ethyl adjacent to an activating group) is 1. The Bertz CT molecular complexity index is 335. The minimum atomic E-state index is -0.417. The Morgan fingerprint density at radius 2 is 2.29 bits per heavy atom. The molecule has 2 N–H and O–H groups in total. The first-order valence-electron chi connectivity index (χ1n) is 3.99. The van der Waals surface area contributed by atoms with E-state index in [1.807, 2.05) is 0 Å². The largest absolute Gasteiger partial charge is 0.368 e. The first kappa shape index (κ1) is 10.7. The Labute approximate surface area is 86.9 Å². The molecule has 0 bridgehead atoms. The summed E-state index contributed by atoms with van der Waals surface area (Å²) in [6.45, 7) is 1.83. The fraction of sp³-hybridized carbons (Fsp3) is 0.375. The Balaban J connectivity index is 2.89. The molecule has 0 saturated heterocycles. The van der Waals surface area contributed by atoms with E-state index in [0.29, 0.717) is 16.8 Å². The third-order valence-corrected chi connectivity index (χ3v) is 1.77. The lowest BCUT2D eigenvalue weighted by Gasteiger charge is -2.16. The second-order valence-electron chi connectivity index (χ2n) is 2.92. The number of anilines is 1. The van der Waals surface area contributed by atoms with Gasteiger partial charge in [0, 0.05) is 13.1 Å². The highest BCUT2D eigenvalue weighted by Crippen LogP contribution is 2.13. The van der Waals surface area contributed by atoms with Gasteiger partial charge in [0.25, 0.3) is 0 Å². The molecule has 1 heterocycles. The number of aryl methyl sites for hydroxylation is 1. The van der Waals surface area contributed by atoms with Gasteiger partial charge in [-0.1, -0.05) is 11.6 Å². The lowest BCUT2D eigenvalue weighted by atomic mass is 10.4. The molecule has 1 aromatic rings. The van der Waals surface area contributed by atoms with Crippen molar-refractivity contribution in [3.05, 3.63) is 17.0 Å². The molecule has 0 atom stereocenters. The van der Waals surface area contributed by atoms with Crippen LogP contribution < -0.4 is 10.6 Å². The van der Waals surface area contributed by atoms with Crippen LogP contribution in [0.15, 0.2) is 6.07 Å². The minimum Gasteiger partial charge on any atom is -0.368 e. The highest BCUT2D eigenvalue weighted by atomic mass is 35.5. The van der Waals surface area contributed by atoms with E-state index in [4.69, 9.17) is 17.3 Å². The lowest BCUT2D eigenvalue weighted by molar-refractivity contribution is -0.116. The summed E-state index contributed by atoms with van der Waals surface area (Å²) in [5, 5.41) is 0.351. The first-order chi connectivity index (χ1) is 6.49. The van der Waals surface area contributed by atoms with Crippen molar-refractivity contribution in [2.45, 2.75) is 6.92 Å². The monoisotopic (exact) mass is 214 g/mol. The van der Waals surface area contributed by atoms with E-state index in [1.165, 1.54) is 0 Å². The molecule has 0 spiro atoms. The van der Waals surface area contributed by atoms with Crippen LogP contribution >= 0.6 is 11.6 Å². The third kappa shape index (κ3) is 2.85. The van der Waals surface area contributed by atoms with Crippen molar-refractivity contribution in [2.75, 3.05) is 18.5 Å². The predicted octanol–water partition coefficient (Wildman–Crippen LogP) is 0.360. The Hall–Kier alpha value is -1.36. The highest BCUT2D eigenvalue weighted by Gasteiger charge is 2.07. The molecule has 0 radical (unpaired) electrons. The fourth-order valence-electron chi connectivity index (χ4n) is 1.03. The number of rotatable bonds is 3. The maximum absolute atomic E-state index is 10.7. The van der Waals surface area contributed by atoms with Gasteiger partial charge in [0.15, 0.2) is 0 Å². The molecule has 1 aromatic heterocycles. The van der Waals surface area contributed by atoms with Crippen LogP contribution in [0.25, 0.3) is 0 Å². The fourth-order valence-corrected chi connectivity index (χ4v) is 1.25. The van der Waals surface area contributed by atoms with Gasteiger partial charge in [-0.05, 0) is 6.92 Å². The van der Waals surface area contributed by atoms with Crippen molar-refractivity contribution >= 4 is 23.3 Å². The molecular formula is C8H11ClN4O. The number of primary amides is 1. The SMILES string of the molecule is Cc1nc(Cl)cc(N(C)CC(N)=O)n1. The number of carbonyl (C=O) groups excluding carboxylic acids is 1. The van der Waals surface area contributed by atoms with Crippen LogP contribution in [-0.2, 0) is 4.79 Å². The quantitative estimate of drug-likeness (QED) is 0.738. The van der Waals surface area contributed by atoms with Gasteiger partial charge < -0.3 is 10.6 Å². The molecule has 6 heteroatoms. The second-order valence-corrected chi connectivity index (χ2v) is 3.31. The Morgan fingerprint density at radius 3 is 2.79 bits per heavy atom. The van der Waals surface area contributed by atoms with Crippen LogP contribution in [0.5, 0.6) is 0 Å². The van der Waals surface area contributed by atoms with Crippen LogP contribution in [0.2, 0.25) is 5.15 Å². The standard InChI is InChI=1S/C8H11ClN4O/c1-5-11-6(9)3-8(12-5)13(2)4-7(10)14/h3H,4H2,1-2H3,(H2,10,14). The molecule has 1 amide bonds. The van der Waals surface area contributed by atoms with Gasteiger partial charge in [0.05, 0.1) is 6.54 Å². The number of amides is 1. The summed E-state index contributed by atoms with van der Waals surface area (Å²) in [5.74, 6) is 0.727. The Kier molecular flexibility index (Phi) is 3.24. The molecule has 1 rings (SSSR count). The molecule has 5 nitrogen and oxygen atoms in total. The van der Waals surface area contributed by atoms with Gasteiger partial charge in [-0.15, -0.1) is 0 Å². The van der Waals surface area contributed by atoms with E-state index in [0.717, 1.165) is 0 Å². The first-order valence-corrected chi connectivity index (χ1v) is 4.37. The maximum Gasteiger partial charge on any atom is 0.236 e. The van der Waals surface area contributed by atoms with E-state index in [-0.39, 0.29) is 6.54 Å². The van der Waals surface area contributed by atoms with Crippen molar-refractivity contribution in [3.63, 3.8) is 0 Å². The van der Waals surface area contributed by atoms with E-state index in [9.17, 15) is 4.79 Å². The summed E-state index contributed by atoms with van der Waals surface area (Å²) in [4.78, 5) is 20.3. The summed E-state index contributed by atoms with van der Waals surface area (Å²) < 4.78 is 0. The zero-order valence-corrected chi connectivity index (χ0v) is 8.75. The summed E-state index contributed by atoms with van der Waals surface area (Å²) in [7, 11) is 1.71. The Morgan fingerprint density at radius 1 is 1.64 bits per heavy atom. The smallest absolute Gasteiger partial charge is 0.236 e. The predicted molar refractivity (Wildman–Crippen MR) is 54.2 cm³/mol. The average molecular weight is 215 g/mol. The highest BCUT2D eigenvalue weighted by molar-refractivity contribution is 6.29. The normalized spacial score (nSPS) is 9.93. The molecule has 0 aliphatic rings. The van der Waals surface area contributed by atoms with Gasteiger partial charge >= 0.3 is 0 Å². The van der Waals surface area contributed by atoms with Crippen LogP contribution in [0.1, 0.15) is 5.82 Å². The van der Waals surface area contributed by atoms with Crippen molar-refractivity contribution in [1.29, 1.82) is 0 Å². The number of aromatic nitrogens is 2. The summed E-state index contributed by atoms with van der Waals surface area (Å²) in [6.07, 6.45) is 0. The molecule has 76 valence electrons. The number of nitrogens with zero attached hydrogens (tertiary/aromatic N) is 3. The van der Waals surface area contributed by atoms with Crippen LogP contribution in [0.4, 0.5) is 5.82 Å². The van der Waals surface area contributed by atoms with Crippen molar-refractivity contribution in [3.8, 4) is 0 Å². The maximum atomic E-state index is 10.7. The van der Waals surface area contributed by atoms with E-state index >= 15 is 0 Å². The van der Waals surface area contributed by atoms with Gasteiger partial charge in [0.2, 0.25) is 5.91 Å². The van der Waals surface area contributed by atoms with Gasteiger partial charge in [0.1, 0.15) is 16.8 Å². The molecule has 0 aromatic carbocycles. The van der Waals surface area contributed by atoms with Gasteiger partial charge in [-0.25, -0.2) is 9.97 Å². The van der Waals surface area contributed by atoms with Crippen LogP contribution in [-0.4, -0.2) is 29.5 Å². The number of hydrogen-bond donors (Lipinski definition) is 1. The minimum absolute atomic E-state index is 0.104. The molecule has 0 aliphatic carbocycles. The number of nitrogens with two attached hydrogens (primary N) is 1. The summed E-state index contributed by atoms with van der Waals surface area (Å²) >= 11 is 5.74. The number of carbonyl (C=O) groups is 1. The zero-order chi connectivity index (χ0) is 10.7. The van der Waals surface area contributed by atoms with E-state index in [1.54, 1.807) is 24.9 Å². The topological polar surface area (TPSA) is 72.1 Å². The molecule has 0 saturated carbocycles. The second kappa shape index (κ2) is 4.23. The molecule has 0 aliphatic heterocycles. The zero-order valence-electron chi connectivity index (χ0n) is 7.99. The summed E-state index contributed by atoms with van der Waals surface area (Å²) in [5.41, 5.74) is 5.05. The van der Waals surface area contributed by atoms with Crippen LogP contribution in [0, 0.1) is 6.92 Å². The van der Waals surface area contributed by atoms with Gasteiger partial charge in [-0.3, -0.25) is 4.79 Å². The molecule has 14 heavy (non-hydrogen) atoms. The van der Waals surface area contributed by atoms with E-state index < -0.39 is 5.91 Å². The number of halogens is 1. The van der Waals surface area contributed by atoms with Crippen LogP contribution in [0.3, 0.4) is 0 Å². The van der Waals surface area contributed by atoms with Crippen molar-refractivity contribution in [1.82, 2.24) is 9.97 Å².